The van der Waals surface area contributed by atoms with E-state index < -0.39 is 24.6 Å². The molecule has 1 aromatic rings. The van der Waals surface area contributed by atoms with Crippen LogP contribution in [0.3, 0.4) is 0 Å². The van der Waals surface area contributed by atoms with E-state index in [1.54, 1.807) is 0 Å². The summed E-state index contributed by atoms with van der Waals surface area (Å²) in [6.07, 6.45) is -1.93. The van der Waals surface area contributed by atoms with Crippen LogP contribution in [0.15, 0.2) is 30.3 Å². The fraction of sp³-hybridized carbons (Fsp3) is 0.571. The van der Waals surface area contributed by atoms with Crippen molar-refractivity contribution in [2.75, 3.05) is 13.7 Å². The molecule has 1 heterocycles. The average Bonchev–Trinajstić information content (AvgIpc) is 2.47. The second-order valence-corrected chi connectivity index (χ2v) is 4.58. The Bertz CT molecular complexity index is 369. The minimum atomic E-state index is -0.847. The van der Waals surface area contributed by atoms with Crippen molar-refractivity contribution < 1.29 is 24.4 Å². The van der Waals surface area contributed by atoms with E-state index in [-0.39, 0.29) is 6.61 Å². The lowest BCUT2D eigenvalue weighted by Gasteiger charge is -2.37. The van der Waals surface area contributed by atoms with E-state index in [1.807, 2.05) is 30.3 Å². The van der Waals surface area contributed by atoms with Gasteiger partial charge in [0.05, 0.1) is 19.3 Å². The van der Waals surface area contributed by atoms with Crippen molar-refractivity contribution in [2.24, 2.45) is 0 Å². The van der Waals surface area contributed by atoms with Gasteiger partial charge in [-0.15, -0.1) is 0 Å². The molecule has 5 heteroatoms. The van der Waals surface area contributed by atoms with Gasteiger partial charge in [-0.05, 0) is 5.56 Å². The second kappa shape index (κ2) is 6.98. The molecule has 19 heavy (non-hydrogen) atoms. The Kier molecular flexibility index (Phi) is 5.30. The molecule has 1 aliphatic heterocycles. The van der Waals surface area contributed by atoms with Crippen LogP contribution in [0.5, 0.6) is 0 Å². The first kappa shape index (κ1) is 14.4. The van der Waals surface area contributed by atoms with Gasteiger partial charge in [0, 0.05) is 13.5 Å². The third kappa shape index (κ3) is 3.75. The van der Waals surface area contributed by atoms with Crippen molar-refractivity contribution in [2.45, 2.75) is 37.6 Å². The number of methoxy groups -OCH3 is 1. The van der Waals surface area contributed by atoms with Crippen LogP contribution in [0, 0.1) is 0 Å². The van der Waals surface area contributed by atoms with Crippen LogP contribution in [0.2, 0.25) is 0 Å². The Hall–Kier alpha value is -0.980. The van der Waals surface area contributed by atoms with Crippen LogP contribution < -0.4 is 0 Å². The molecule has 1 fully saturated rings. The molecule has 4 atom stereocenters. The largest absolute Gasteiger partial charge is 0.394 e. The molecule has 0 saturated carbocycles. The van der Waals surface area contributed by atoms with E-state index in [4.69, 9.17) is 14.2 Å². The summed E-state index contributed by atoms with van der Waals surface area (Å²) in [5, 5.41) is 19.2. The lowest BCUT2D eigenvalue weighted by Crippen LogP contribution is -2.51. The molecule has 0 radical (unpaired) electrons. The average molecular weight is 268 g/mol. The number of ether oxygens (including phenoxy) is 3. The standard InChI is InChI=1S/C14H20O5/c1-17-13-7-11(14(16)12(8-15)19-13)18-9-10-5-3-2-4-6-10/h2-6,11-16H,7-9H2,1H3/t11-,12+,13+,14-/m0/s1. The van der Waals surface area contributed by atoms with Gasteiger partial charge in [-0.3, -0.25) is 0 Å². The van der Waals surface area contributed by atoms with Gasteiger partial charge >= 0.3 is 0 Å². The highest BCUT2D eigenvalue weighted by Crippen LogP contribution is 2.24. The molecule has 1 aliphatic rings. The Morgan fingerprint density at radius 3 is 2.68 bits per heavy atom. The summed E-state index contributed by atoms with van der Waals surface area (Å²) in [5.74, 6) is 0. The number of hydrogen-bond acceptors (Lipinski definition) is 5. The Morgan fingerprint density at radius 2 is 2.05 bits per heavy atom. The molecule has 0 aliphatic carbocycles. The molecule has 1 aromatic carbocycles. The zero-order valence-electron chi connectivity index (χ0n) is 10.9. The van der Waals surface area contributed by atoms with E-state index in [0.717, 1.165) is 5.56 Å². The summed E-state index contributed by atoms with van der Waals surface area (Å²) in [6.45, 7) is 0.156. The van der Waals surface area contributed by atoms with Crippen molar-refractivity contribution in [3.8, 4) is 0 Å². The quantitative estimate of drug-likeness (QED) is 0.822. The fourth-order valence-corrected chi connectivity index (χ4v) is 2.15. The van der Waals surface area contributed by atoms with Crippen LogP contribution in [-0.2, 0) is 20.8 Å². The van der Waals surface area contributed by atoms with Crippen LogP contribution in [-0.4, -0.2) is 48.5 Å². The van der Waals surface area contributed by atoms with Crippen LogP contribution in [0.25, 0.3) is 0 Å². The number of benzene rings is 1. The van der Waals surface area contributed by atoms with Crippen molar-refractivity contribution in [3.63, 3.8) is 0 Å². The molecular weight excluding hydrogens is 248 g/mol. The monoisotopic (exact) mass is 268 g/mol. The first-order chi connectivity index (χ1) is 9.24. The van der Waals surface area contributed by atoms with E-state index in [9.17, 15) is 10.2 Å². The minimum absolute atomic E-state index is 0.258. The zero-order chi connectivity index (χ0) is 13.7. The first-order valence-electron chi connectivity index (χ1n) is 6.37. The van der Waals surface area contributed by atoms with E-state index in [1.165, 1.54) is 7.11 Å². The summed E-state index contributed by atoms with van der Waals surface area (Å²) < 4.78 is 16.2. The van der Waals surface area contributed by atoms with Crippen LogP contribution >= 0.6 is 0 Å². The number of rotatable bonds is 5. The topological polar surface area (TPSA) is 68.2 Å². The van der Waals surface area contributed by atoms with Gasteiger partial charge < -0.3 is 24.4 Å². The van der Waals surface area contributed by atoms with Crippen LogP contribution in [0.4, 0.5) is 0 Å². The van der Waals surface area contributed by atoms with Gasteiger partial charge in [0.25, 0.3) is 0 Å². The van der Waals surface area contributed by atoms with Crippen molar-refractivity contribution in [3.05, 3.63) is 35.9 Å². The van der Waals surface area contributed by atoms with Crippen LogP contribution in [0.1, 0.15) is 12.0 Å². The molecule has 2 N–H and O–H groups in total. The molecule has 0 aromatic heterocycles. The van der Waals surface area contributed by atoms with Crippen molar-refractivity contribution >= 4 is 0 Å². The van der Waals surface area contributed by atoms with Gasteiger partial charge in [-0.2, -0.15) is 0 Å². The lowest BCUT2D eigenvalue weighted by atomic mass is 10.0. The zero-order valence-corrected chi connectivity index (χ0v) is 10.9. The number of aliphatic hydroxyl groups excluding tert-OH is 2. The summed E-state index contributed by atoms with van der Waals surface area (Å²) in [7, 11) is 1.53. The summed E-state index contributed by atoms with van der Waals surface area (Å²) in [5.41, 5.74) is 1.04. The maximum Gasteiger partial charge on any atom is 0.160 e. The van der Waals surface area contributed by atoms with Gasteiger partial charge in [-0.25, -0.2) is 0 Å². The molecule has 0 amide bonds. The second-order valence-electron chi connectivity index (χ2n) is 4.58. The van der Waals surface area contributed by atoms with E-state index in [0.29, 0.717) is 13.0 Å². The number of aliphatic hydroxyl groups is 2. The van der Waals surface area contributed by atoms with E-state index >= 15 is 0 Å². The molecule has 1 saturated heterocycles. The third-order valence-corrected chi connectivity index (χ3v) is 3.26. The third-order valence-electron chi connectivity index (χ3n) is 3.26. The lowest BCUT2D eigenvalue weighted by molar-refractivity contribution is -0.258. The number of hydrogen-bond donors (Lipinski definition) is 2. The first-order valence-corrected chi connectivity index (χ1v) is 6.37. The molecule has 0 unspecified atom stereocenters. The molecule has 0 bridgehead atoms. The summed E-state index contributed by atoms with van der Waals surface area (Å²) in [4.78, 5) is 0. The molecule has 0 spiro atoms. The van der Waals surface area contributed by atoms with Gasteiger partial charge in [0.2, 0.25) is 0 Å². The molecule has 106 valence electrons. The fourth-order valence-electron chi connectivity index (χ4n) is 2.15. The maximum absolute atomic E-state index is 10.1. The van der Waals surface area contributed by atoms with Gasteiger partial charge in [0.1, 0.15) is 12.2 Å². The van der Waals surface area contributed by atoms with Crippen molar-refractivity contribution in [1.29, 1.82) is 0 Å². The predicted molar refractivity (Wildman–Crippen MR) is 68.4 cm³/mol. The molecule has 5 nitrogen and oxygen atoms in total. The van der Waals surface area contributed by atoms with Crippen molar-refractivity contribution in [1.82, 2.24) is 0 Å². The highest BCUT2D eigenvalue weighted by molar-refractivity contribution is 5.13. The smallest absolute Gasteiger partial charge is 0.160 e. The predicted octanol–water partition coefficient (Wildman–Crippen LogP) is 0.686. The minimum Gasteiger partial charge on any atom is -0.394 e. The van der Waals surface area contributed by atoms with E-state index in [2.05, 4.69) is 0 Å². The SMILES string of the molecule is CO[C@H]1C[C@H](OCc2ccccc2)[C@H](O)[C@@H](CO)O1. The Balaban J connectivity index is 1.93. The highest BCUT2D eigenvalue weighted by Gasteiger charge is 2.38. The summed E-state index contributed by atoms with van der Waals surface area (Å²) in [6, 6.07) is 9.74. The highest BCUT2D eigenvalue weighted by atomic mass is 16.7. The Morgan fingerprint density at radius 1 is 1.32 bits per heavy atom. The maximum atomic E-state index is 10.1. The van der Waals surface area contributed by atoms with Gasteiger partial charge in [0.15, 0.2) is 6.29 Å². The van der Waals surface area contributed by atoms with Gasteiger partial charge in [-0.1, -0.05) is 30.3 Å². The Labute approximate surface area is 112 Å². The normalized spacial score (nSPS) is 31.3. The molecular formula is C14H20O5. The summed E-state index contributed by atoms with van der Waals surface area (Å²) >= 11 is 0. The molecule has 2 rings (SSSR count).